The average Bonchev–Trinajstić information content (AvgIpc) is 2.67. The first-order chi connectivity index (χ1) is 6.52. The van der Waals surface area contributed by atoms with Gasteiger partial charge in [0.2, 0.25) is 0 Å². The quantitative estimate of drug-likeness (QED) is 0.376. The third-order valence-electron chi connectivity index (χ3n) is 3.75. The van der Waals surface area contributed by atoms with Crippen LogP contribution in [0.4, 0.5) is 0 Å². The summed E-state index contributed by atoms with van der Waals surface area (Å²) in [6.07, 6.45) is 1.07. The topological polar surface area (TPSA) is 67.2 Å². The first kappa shape index (κ1) is 9.36. The fourth-order valence-electron chi connectivity index (χ4n) is 3.10. The molecule has 1 heterocycles. The van der Waals surface area contributed by atoms with E-state index < -0.39 is 14.9 Å². The maximum Gasteiger partial charge on any atom is 0.287 e. The molecule has 3 aliphatic rings. The van der Waals surface area contributed by atoms with E-state index in [0.29, 0.717) is 12.3 Å². The molecule has 0 aromatic heterocycles. The molecule has 2 saturated carbocycles. The summed E-state index contributed by atoms with van der Waals surface area (Å²) >= 11 is 2.25. The van der Waals surface area contributed by atoms with Crippen molar-refractivity contribution in [1.82, 2.24) is 0 Å². The fraction of sp³-hybridized carbons (Fsp3) is 0.875. The van der Waals surface area contributed by atoms with E-state index in [1.54, 1.807) is 0 Å². The second kappa shape index (κ2) is 2.44. The Hall–Kier alpha value is 0.130. The number of hydrogen-bond donors (Lipinski definition) is 0. The van der Waals surface area contributed by atoms with Crippen molar-refractivity contribution in [2.75, 3.05) is 0 Å². The summed E-state index contributed by atoms with van der Waals surface area (Å²) in [6, 6.07) is 1.99. The molecule has 0 aromatic carbocycles. The van der Waals surface area contributed by atoms with Crippen molar-refractivity contribution in [3.63, 3.8) is 0 Å². The lowest BCUT2D eigenvalue weighted by atomic mass is 9.87. The SMILES string of the molecule is N#CC12CC3CC1C(OS2(=O)=O)C3I. The first-order valence-electron chi connectivity index (χ1n) is 4.50. The van der Waals surface area contributed by atoms with Gasteiger partial charge in [0, 0.05) is 9.84 Å². The standard InChI is InChI=1S/C8H8INO3S/c9-6-4-1-5-7(6)13-14(11,12)8(5,2-4)3-10/h4-7H,1-2H2. The molecule has 0 aromatic rings. The molecule has 5 atom stereocenters. The maximum absolute atomic E-state index is 11.7. The Balaban J connectivity index is 2.22. The van der Waals surface area contributed by atoms with Gasteiger partial charge in [0.25, 0.3) is 10.1 Å². The molecule has 1 aliphatic heterocycles. The van der Waals surface area contributed by atoms with Gasteiger partial charge in [0.05, 0.1) is 12.2 Å². The Bertz CT molecular complexity index is 442. The van der Waals surface area contributed by atoms with Gasteiger partial charge >= 0.3 is 0 Å². The van der Waals surface area contributed by atoms with Gasteiger partial charge < -0.3 is 0 Å². The molecule has 1 saturated heterocycles. The van der Waals surface area contributed by atoms with Gasteiger partial charge in [-0.05, 0) is 18.8 Å². The molecule has 76 valence electrons. The molecule has 3 fully saturated rings. The molecular weight excluding hydrogens is 317 g/mol. The van der Waals surface area contributed by atoms with Crippen LogP contribution in [0.5, 0.6) is 0 Å². The number of alkyl halides is 1. The number of hydrogen-bond acceptors (Lipinski definition) is 4. The van der Waals surface area contributed by atoms with Crippen molar-refractivity contribution in [2.24, 2.45) is 11.8 Å². The van der Waals surface area contributed by atoms with Crippen LogP contribution >= 0.6 is 22.6 Å². The Kier molecular flexibility index (Phi) is 1.63. The molecule has 0 radical (unpaired) electrons. The van der Waals surface area contributed by atoms with Crippen molar-refractivity contribution < 1.29 is 12.6 Å². The highest BCUT2D eigenvalue weighted by Crippen LogP contribution is 2.62. The van der Waals surface area contributed by atoms with Gasteiger partial charge in [-0.25, -0.2) is 0 Å². The molecule has 0 amide bonds. The van der Waals surface area contributed by atoms with Crippen LogP contribution in [0.25, 0.3) is 0 Å². The summed E-state index contributed by atoms with van der Waals surface area (Å²) in [5.41, 5.74) is 0. The van der Waals surface area contributed by atoms with Crippen LogP contribution in [0.1, 0.15) is 12.8 Å². The van der Waals surface area contributed by atoms with E-state index in [4.69, 9.17) is 9.44 Å². The number of halogens is 1. The van der Waals surface area contributed by atoms with E-state index in [1.165, 1.54) is 0 Å². The van der Waals surface area contributed by atoms with Crippen LogP contribution in [0.15, 0.2) is 0 Å². The van der Waals surface area contributed by atoms with Gasteiger partial charge in [-0.3, -0.25) is 4.18 Å². The van der Waals surface area contributed by atoms with E-state index in [1.807, 2.05) is 6.07 Å². The second-order valence-electron chi connectivity index (χ2n) is 4.27. The van der Waals surface area contributed by atoms with Crippen molar-refractivity contribution in [2.45, 2.75) is 27.6 Å². The van der Waals surface area contributed by atoms with E-state index in [0.717, 1.165) is 6.42 Å². The van der Waals surface area contributed by atoms with Crippen molar-refractivity contribution >= 4 is 32.7 Å². The monoisotopic (exact) mass is 325 g/mol. The third kappa shape index (κ3) is 0.772. The van der Waals surface area contributed by atoms with Crippen molar-refractivity contribution in [3.05, 3.63) is 0 Å². The van der Waals surface area contributed by atoms with Crippen LogP contribution in [0, 0.1) is 23.2 Å². The van der Waals surface area contributed by atoms with E-state index in [2.05, 4.69) is 22.6 Å². The Morgan fingerprint density at radius 1 is 1.57 bits per heavy atom. The Labute approximate surface area is 95.9 Å². The number of fused-ring (bicyclic) bond motifs is 1. The van der Waals surface area contributed by atoms with Gasteiger partial charge in [-0.1, -0.05) is 22.6 Å². The smallest absolute Gasteiger partial charge is 0.264 e. The summed E-state index contributed by atoms with van der Waals surface area (Å²) in [5.74, 6) is 0.270. The molecule has 2 bridgehead atoms. The summed E-state index contributed by atoms with van der Waals surface area (Å²) < 4.78 is 27.6. The van der Waals surface area contributed by atoms with E-state index in [-0.39, 0.29) is 15.9 Å². The van der Waals surface area contributed by atoms with Gasteiger partial charge in [-0.2, -0.15) is 13.7 Å². The van der Waals surface area contributed by atoms with Crippen LogP contribution in [-0.4, -0.2) is 23.2 Å². The zero-order valence-corrected chi connectivity index (χ0v) is 10.2. The Morgan fingerprint density at radius 3 is 2.86 bits per heavy atom. The van der Waals surface area contributed by atoms with Gasteiger partial charge in [0.15, 0.2) is 4.75 Å². The highest BCUT2D eigenvalue weighted by Gasteiger charge is 2.73. The van der Waals surface area contributed by atoms with E-state index in [9.17, 15) is 8.42 Å². The summed E-state index contributed by atoms with van der Waals surface area (Å²) in [5, 5.41) is 9.08. The fourth-order valence-corrected chi connectivity index (χ4v) is 6.34. The maximum atomic E-state index is 11.7. The molecule has 14 heavy (non-hydrogen) atoms. The van der Waals surface area contributed by atoms with Crippen LogP contribution < -0.4 is 0 Å². The molecule has 2 aliphatic carbocycles. The minimum atomic E-state index is -3.64. The highest BCUT2D eigenvalue weighted by atomic mass is 127. The Morgan fingerprint density at radius 2 is 2.29 bits per heavy atom. The zero-order valence-electron chi connectivity index (χ0n) is 7.18. The van der Waals surface area contributed by atoms with Crippen molar-refractivity contribution in [1.29, 1.82) is 5.26 Å². The predicted molar refractivity (Wildman–Crippen MR) is 56.2 cm³/mol. The third-order valence-corrected chi connectivity index (χ3v) is 7.41. The minimum absolute atomic E-state index is 0.0793. The molecule has 0 N–H and O–H groups in total. The average molecular weight is 325 g/mol. The first-order valence-corrected chi connectivity index (χ1v) is 7.15. The lowest BCUT2D eigenvalue weighted by Crippen LogP contribution is -2.40. The van der Waals surface area contributed by atoms with Gasteiger partial charge in [-0.15, -0.1) is 0 Å². The second-order valence-corrected chi connectivity index (χ2v) is 7.53. The van der Waals surface area contributed by atoms with Gasteiger partial charge in [0.1, 0.15) is 0 Å². The molecule has 3 rings (SSSR count). The largest absolute Gasteiger partial charge is 0.287 e. The molecule has 4 nitrogen and oxygen atoms in total. The lowest BCUT2D eigenvalue weighted by molar-refractivity contribution is 0.201. The zero-order chi connectivity index (χ0) is 10.1. The number of nitriles is 1. The van der Waals surface area contributed by atoms with Crippen molar-refractivity contribution in [3.8, 4) is 6.07 Å². The molecule has 5 unspecified atom stereocenters. The minimum Gasteiger partial charge on any atom is -0.264 e. The van der Waals surface area contributed by atoms with Crippen LogP contribution in [-0.2, 0) is 14.3 Å². The summed E-state index contributed by atoms with van der Waals surface area (Å²) in [4.78, 5) is 0. The predicted octanol–water partition coefficient (Wildman–Crippen LogP) is 0.821. The summed E-state index contributed by atoms with van der Waals surface area (Å²) in [7, 11) is -3.64. The molecule has 0 spiro atoms. The van der Waals surface area contributed by atoms with Crippen LogP contribution in [0.2, 0.25) is 0 Å². The summed E-state index contributed by atoms with van der Waals surface area (Å²) in [6.45, 7) is 0. The number of rotatable bonds is 0. The van der Waals surface area contributed by atoms with Crippen LogP contribution in [0.3, 0.4) is 0 Å². The normalized spacial score (nSPS) is 57.4. The number of nitrogens with zero attached hydrogens (tertiary/aromatic N) is 1. The molecular formula is C8H8INO3S. The highest BCUT2D eigenvalue weighted by molar-refractivity contribution is 14.1. The molecule has 6 heteroatoms. The van der Waals surface area contributed by atoms with E-state index >= 15 is 0 Å². The lowest BCUT2D eigenvalue weighted by Gasteiger charge is -2.23.